The second-order valence-electron chi connectivity index (χ2n) is 6.37. The summed E-state index contributed by atoms with van der Waals surface area (Å²) in [5.41, 5.74) is 26.9. The molecule has 0 aliphatic heterocycles. The lowest BCUT2D eigenvalue weighted by Crippen LogP contribution is -2.25. The van der Waals surface area contributed by atoms with Crippen LogP contribution in [0.25, 0.3) is 0 Å². The van der Waals surface area contributed by atoms with E-state index >= 15 is 0 Å². The topological polar surface area (TPSA) is 121 Å². The Balaban J connectivity index is 2.52. The standard InChI is InChI=1S/C19H22Cl4N4O/c20-5-13(11-1-9(7-24)15(22)3-17(11)26)19(28)14(6-21)12-2-10(8-25)16(23)4-18(12)27/h1-4,13-14H,5-8,24-27H2. The van der Waals surface area contributed by atoms with Crippen LogP contribution in [0.3, 0.4) is 0 Å². The molecule has 0 spiro atoms. The fourth-order valence-electron chi connectivity index (χ4n) is 3.09. The minimum atomic E-state index is -0.704. The van der Waals surface area contributed by atoms with E-state index in [0.717, 1.165) is 0 Å². The highest BCUT2D eigenvalue weighted by Crippen LogP contribution is 2.37. The normalized spacial score (nSPS) is 13.4. The minimum absolute atomic E-state index is 0.0132. The molecule has 152 valence electrons. The van der Waals surface area contributed by atoms with Crippen molar-refractivity contribution < 1.29 is 4.79 Å². The second-order valence-corrected chi connectivity index (χ2v) is 7.80. The van der Waals surface area contributed by atoms with E-state index in [1.807, 2.05) is 0 Å². The van der Waals surface area contributed by atoms with E-state index in [1.54, 1.807) is 24.3 Å². The first-order chi connectivity index (χ1) is 13.3. The Bertz CT molecular complexity index is 806. The number of alkyl halides is 2. The Morgan fingerprint density at radius 2 is 1.14 bits per heavy atom. The number of carbonyl (C=O) groups excluding carboxylic acids is 1. The third-order valence-electron chi connectivity index (χ3n) is 4.69. The third kappa shape index (κ3) is 4.67. The first kappa shape index (κ1) is 23.1. The molecule has 0 fully saturated rings. The molecule has 2 atom stereocenters. The average Bonchev–Trinajstić information content (AvgIpc) is 2.66. The number of nitrogens with two attached hydrogens (primary N) is 4. The maximum absolute atomic E-state index is 13.4. The summed E-state index contributed by atoms with van der Waals surface area (Å²) in [6, 6.07) is 6.57. The van der Waals surface area contributed by atoms with Crippen LogP contribution in [0.1, 0.15) is 34.1 Å². The number of rotatable bonds is 8. The van der Waals surface area contributed by atoms with Crippen molar-refractivity contribution >= 4 is 63.6 Å². The lowest BCUT2D eigenvalue weighted by Gasteiger charge is -2.24. The number of hydrogen-bond acceptors (Lipinski definition) is 5. The van der Waals surface area contributed by atoms with E-state index in [-0.39, 0.29) is 30.6 Å². The molecule has 0 aromatic heterocycles. The molecule has 2 aromatic rings. The van der Waals surface area contributed by atoms with Crippen molar-refractivity contribution in [3.63, 3.8) is 0 Å². The van der Waals surface area contributed by atoms with E-state index in [1.165, 1.54) is 0 Å². The van der Waals surface area contributed by atoms with E-state index in [4.69, 9.17) is 69.3 Å². The Kier molecular flexibility index (Phi) is 8.25. The van der Waals surface area contributed by atoms with Gasteiger partial charge in [0, 0.05) is 46.3 Å². The molecule has 2 aromatic carbocycles. The van der Waals surface area contributed by atoms with Crippen LogP contribution < -0.4 is 22.9 Å². The zero-order valence-corrected chi connectivity index (χ0v) is 18.0. The van der Waals surface area contributed by atoms with Crippen molar-refractivity contribution in [1.29, 1.82) is 0 Å². The fraction of sp³-hybridized carbons (Fsp3) is 0.316. The van der Waals surface area contributed by atoms with Crippen LogP contribution in [0, 0.1) is 0 Å². The second kappa shape index (κ2) is 10.0. The smallest absolute Gasteiger partial charge is 0.150 e. The highest BCUT2D eigenvalue weighted by atomic mass is 35.5. The number of carbonyl (C=O) groups is 1. The number of ketones is 1. The number of benzene rings is 2. The van der Waals surface area contributed by atoms with Gasteiger partial charge in [-0.2, -0.15) is 0 Å². The SMILES string of the molecule is NCc1cc(C(CCl)C(=O)C(CCl)c2cc(CN)c(Cl)cc2N)c(N)cc1Cl. The molecule has 2 rings (SSSR count). The molecule has 9 heteroatoms. The Hall–Kier alpha value is -1.21. The zero-order chi connectivity index (χ0) is 21.0. The molecular weight excluding hydrogens is 442 g/mol. The van der Waals surface area contributed by atoms with Gasteiger partial charge in [0.25, 0.3) is 0 Å². The lowest BCUT2D eigenvalue weighted by molar-refractivity contribution is -0.121. The van der Waals surface area contributed by atoms with Crippen LogP contribution in [-0.4, -0.2) is 17.5 Å². The first-order valence-corrected chi connectivity index (χ1v) is 10.3. The van der Waals surface area contributed by atoms with Crippen LogP contribution >= 0.6 is 46.4 Å². The highest BCUT2D eigenvalue weighted by molar-refractivity contribution is 6.32. The Morgan fingerprint density at radius 3 is 1.43 bits per heavy atom. The summed E-state index contributed by atoms with van der Waals surface area (Å²) >= 11 is 24.6. The summed E-state index contributed by atoms with van der Waals surface area (Å²) in [7, 11) is 0. The van der Waals surface area contributed by atoms with Crippen LogP contribution in [0.5, 0.6) is 0 Å². The number of nitrogen functional groups attached to an aromatic ring is 2. The van der Waals surface area contributed by atoms with Gasteiger partial charge in [-0.15, -0.1) is 23.2 Å². The molecule has 0 radical (unpaired) electrons. The maximum atomic E-state index is 13.4. The van der Waals surface area contributed by atoms with E-state index < -0.39 is 11.8 Å². The Labute approximate surface area is 184 Å². The summed E-state index contributed by atoms with van der Waals surface area (Å²) in [6.07, 6.45) is 0. The molecule has 5 nitrogen and oxygen atoms in total. The van der Waals surface area contributed by atoms with Gasteiger partial charge in [-0.05, 0) is 34.4 Å². The molecule has 0 saturated carbocycles. The van der Waals surface area contributed by atoms with Gasteiger partial charge in [-0.1, -0.05) is 35.3 Å². The van der Waals surface area contributed by atoms with Gasteiger partial charge in [0.15, 0.2) is 0 Å². The minimum Gasteiger partial charge on any atom is -0.398 e. The predicted octanol–water partition coefficient (Wildman–Crippen LogP) is 3.99. The van der Waals surface area contributed by atoms with Gasteiger partial charge in [0.2, 0.25) is 0 Å². The molecule has 0 amide bonds. The van der Waals surface area contributed by atoms with Crippen molar-refractivity contribution in [2.75, 3.05) is 23.2 Å². The summed E-state index contributed by atoms with van der Waals surface area (Å²) in [5.74, 6) is -1.59. The van der Waals surface area contributed by atoms with Gasteiger partial charge in [0.1, 0.15) is 5.78 Å². The molecule has 8 N–H and O–H groups in total. The molecular formula is C19H22Cl4N4O. The molecule has 0 bridgehead atoms. The molecule has 2 unspecified atom stereocenters. The summed E-state index contributed by atoms with van der Waals surface area (Å²) < 4.78 is 0. The lowest BCUT2D eigenvalue weighted by atomic mass is 9.83. The van der Waals surface area contributed by atoms with E-state index in [0.29, 0.717) is 43.7 Å². The molecule has 0 aliphatic carbocycles. The zero-order valence-electron chi connectivity index (χ0n) is 15.0. The monoisotopic (exact) mass is 462 g/mol. The van der Waals surface area contributed by atoms with E-state index in [2.05, 4.69) is 0 Å². The van der Waals surface area contributed by atoms with Crippen molar-refractivity contribution in [2.24, 2.45) is 11.5 Å². The maximum Gasteiger partial charge on any atom is 0.150 e. The molecule has 0 aliphatic rings. The van der Waals surface area contributed by atoms with Gasteiger partial charge in [0.05, 0.1) is 11.8 Å². The summed E-state index contributed by atoms with van der Waals surface area (Å²) in [6.45, 7) is 0.413. The fourth-order valence-corrected chi connectivity index (χ4v) is 4.22. The van der Waals surface area contributed by atoms with Crippen LogP contribution in [0.4, 0.5) is 11.4 Å². The van der Waals surface area contributed by atoms with E-state index in [9.17, 15) is 4.79 Å². The van der Waals surface area contributed by atoms with Crippen LogP contribution in [-0.2, 0) is 17.9 Å². The molecule has 28 heavy (non-hydrogen) atoms. The summed E-state index contributed by atoms with van der Waals surface area (Å²) in [4.78, 5) is 13.4. The number of Topliss-reactive ketones (excluding diaryl/α,β-unsaturated/α-hetero) is 1. The van der Waals surface area contributed by atoms with Crippen molar-refractivity contribution in [3.8, 4) is 0 Å². The number of halogens is 4. The summed E-state index contributed by atoms with van der Waals surface area (Å²) in [5, 5.41) is 0.876. The average molecular weight is 464 g/mol. The largest absolute Gasteiger partial charge is 0.398 e. The van der Waals surface area contributed by atoms with Crippen molar-refractivity contribution in [1.82, 2.24) is 0 Å². The first-order valence-electron chi connectivity index (χ1n) is 8.50. The highest BCUT2D eigenvalue weighted by Gasteiger charge is 2.31. The van der Waals surface area contributed by atoms with Gasteiger partial charge < -0.3 is 22.9 Å². The van der Waals surface area contributed by atoms with Gasteiger partial charge >= 0.3 is 0 Å². The third-order valence-corrected chi connectivity index (χ3v) is 6.01. The molecule has 0 saturated heterocycles. The van der Waals surface area contributed by atoms with Crippen molar-refractivity contribution in [3.05, 3.63) is 56.6 Å². The van der Waals surface area contributed by atoms with Gasteiger partial charge in [-0.3, -0.25) is 4.79 Å². The quantitative estimate of drug-likeness (QED) is 0.348. The number of hydrogen-bond donors (Lipinski definition) is 4. The van der Waals surface area contributed by atoms with Crippen molar-refractivity contribution in [2.45, 2.75) is 24.9 Å². The Morgan fingerprint density at radius 1 is 0.786 bits per heavy atom. The van der Waals surface area contributed by atoms with Gasteiger partial charge in [-0.25, -0.2) is 0 Å². The molecule has 0 heterocycles. The van der Waals surface area contributed by atoms with Crippen LogP contribution in [0.2, 0.25) is 10.0 Å². The van der Waals surface area contributed by atoms with Crippen LogP contribution in [0.15, 0.2) is 24.3 Å². The predicted molar refractivity (Wildman–Crippen MR) is 119 cm³/mol. The number of anilines is 2.